The van der Waals surface area contributed by atoms with Gasteiger partial charge in [-0.05, 0) is 12.1 Å². The summed E-state index contributed by atoms with van der Waals surface area (Å²) < 4.78 is 25.9. The zero-order chi connectivity index (χ0) is 11.4. The minimum Gasteiger partial charge on any atom is -0.207 e. The maximum Gasteiger partial charge on any atom is 0.242 e. The molecule has 0 atom stereocenters. The third-order valence-corrected chi connectivity index (χ3v) is 3.32. The smallest absolute Gasteiger partial charge is 0.207 e. The van der Waals surface area contributed by atoms with Crippen LogP contribution in [0.25, 0.3) is 0 Å². The number of nitrogens with zero attached hydrogens (tertiary/aromatic N) is 3. The van der Waals surface area contributed by atoms with Gasteiger partial charge in [0.15, 0.2) is 0 Å². The molecule has 1 N–H and O–H groups in total. The first-order valence-corrected chi connectivity index (χ1v) is 6.05. The fourth-order valence-electron chi connectivity index (χ4n) is 1.15. The lowest BCUT2D eigenvalue weighted by molar-refractivity contribution is 0.502. The van der Waals surface area contributed by atoms with E-state index in [1.54, 1.807) is 18.2 Å². The van der Waals surface area contributed by atoms with Gasteiger partial charge >= 0.3 is 0 Å². The molecule has 1 aromatic heterocycles. The molecule has 0 saturated heterocycles. The molecular weight excluding hydrogens is 228 g/mol. The molecule has 0 amide bonds. The van der Waals surface area contributed by atoms with Crippen LogP contribution in [-0.4, -0.2) is 23.4 Å². The van der Waals surface area contributed by atoms with E-state index in [9.17, 15) is 8.42 Å². The Bertz CT molecular complexity index is 536. The van der Waals surface area contributed by atoms with Crippen molar-refractivity contribution in [3.63, 3.8) is 0 Å². The van der Waals surface area contributed by atoms with Crippen molar-refractivity contribution in [1.29, 1.82) is 0 Å². The Hall–Kier alpha value is -1.73. The van der Waals surface area contributed by atoms with Crippen LogP contribution in [0.5, 0.6) is 0 Å². The lowest BCUT2D eigenvalue weighted by Gasteiger charge is -2.05. The second-order valence-corrected chi connectivity index (χ2v) is 4.79. The van der Waals surface area contributed by atoms with Gasteiger partial charge in [0.25, 0.3) is 0 Å². The van der Waals surface area contributed by atoms with E-state index in [4.69, 9.17) is 0 Å². The predicted octanol–water partition coefficient (Wildman–Crippen LogP) is 0.214. The van der Waals surface area contributed by atoms with Gasteiger partial charge in [0.2, 0.25) is 10.0 Å². The highest BCUT2D eigenvalue weighted by molar-refractivity contribution is 7.89. The molecule has 0 saturated carbocycles. The van der Waals surface area contributed by atoms with Crippen molar-refractivity contribution in [2.24, 2.45) is 0 Å². The third-order valence-electron chi connectivity index (χ3n) is 1.92. The predicted molar refractivity (Wildman–Crippen MR) is 56.8 cm³/mol. The van der Waals surface area contributed by atoms with Gasteiger partial charge in [-0.2, -0.15) is 19.7 Å². The molecule has 1 aromatic carbocycles. The number of nitrogens with one attached hydrogen (secondary N) is 1. The van der Waals surface area contributed by atoms with E-state index in [1.165, 1.54) is 29.3 Å². The zero-order valence-electron chi connectivity index (χ0n) is 8.31. The highest BCUT2D eigenvalue weighted by atomic mass is 32.2. The molecule has 7 heteroatoms. The summed E-state index contributed by atoms with van der Waals surface area (Å²) in [6.45, 7) is 0.0181. The molecule has 0 aliphatic heterocycles. The summed E-state index contributed by atoms with van der Waals surface area (Å²) in [5, 5.41) is 7.58. The van der Waals surface area contributed by atoms with E-state index < -0.39 is 10.0 Å². The topological polar surface area (TPSA) is 76.9 Å². The van der Waals surface area contributed by atoms with E-state index in [1.807, 2.05) is 0 Å². The largest absolute Gasteiger partial charge is 0.242 e. The summed E-state index contributed by atoms with van der Waals surface area (Å²) in [4.78, 5) is 1.47. The highest BCUT2D eigenvalue weighted by Crippen LogP contribution is 2.06. The SMILES string of the molecule is O=S(=O)(NCn1nccn1)c1ccccc1. The average Bonchev–Trinajstić information content (AvgIpc) is 2.81. The van der Waals surface area contributed by atoms with Gasteiger partial charge in [0.05, 0.1) is 17.3 Å². The second kappa shape index (κ2) is 4.42. The number of sulfonamides is 1. The van der Waals surface area contributed by atoms with Crippen LogP contribution in [0.2, 0.25) is 0 Å². The summed E-state index contributed by atoms with van der Waals surface area (Å²) >= 11 is 0. The van der Waals surface area contributed by atoms with Gasteiger partial charge in [-0.15, -0.1) is 0 Å². The summed E-state index contributed by atoms with van der Waals surface area (Å²) in [6.07, 6.45) is 2.97. The van der Waals surface area contributed by atoms with Crippen molar-refractivity contribution >= 4 is 10.0 Å². The summed E-state index contributed by atoms with van der Waals surface area (Å²) in [5.74, 6) is 0. The van der Waals surface area contributed by atoms with Gasteiger partial charge in [0.1, 0.15) is 6.67 Å². The normalized spacial score (nSPS) is 11.5. The molecule has 16 heavy (non-hydrogen) atoms. The number of benzene rings is 1. The van der Waals surface area contributed by atoms with Crippen molar-refractivity contribution in [3.05, 3.63) is 42.7 Å². The maximum atomic E-state index is 11.7. The fourth-order valence-corrected chi connectivity index (χ4v) is 2.12. The molecular formula is C9H10N4O2S. The van der Waals surface area contributed by atoms with Crippen LogP contribution in [0.15, 0.2) is 47.6 Å². The number of aromatic nitrogens is 3. The number of rotatable bonds is 4. The molecule has 2 rings (SSSR count). The molecule has 1 heterocycles. The highest BCUT2D eigenvalue weighted by Gasteiger charge is 2.12. The summed E-state index contributed by atoms with van der Waals surface area (Å²) in [7, 11) is -3.49. The average molecular weight is 238 g/mol. The third kappa shape index (κ3) is 2.44. The standard InChI is InChI=1S/C9H10N4O2S/c14-16(15,9-4-2-1-3-5-9)12-8-13-10-6-7-11-13/h1-7,12H,8H2. The molecule has 0 aliphatic rings. The van der Waals surface area contributed by atoms with Crippen molar-refractivity contribution in [2.75, 3.05) is 0 Å². The molecule has 0 aliphatic carbocycles. The number of hydrogen-bond acceptors (Lipinski definition) is 4. The van der Waals surface area contributed by atoms with E-state index >= 15 is 0 Å². The van der Waals surface area contributed by atoms with Gasteiger partial charge < -0.3 is 0 Å². The molecule has 0 fully saturated rings. The monoisotopic (exact) mass is 238 g/mol. The Kier molecular flexibility index (Phi) is 2.97. The van der Waals surface area contributed by atoms with Crippen LogP contribution in [0, 0.1) is 0 Å². The first-order valence-electron chi connectivity index (χ1n) is 4.57. The van der Waals surface area contributed by atoms with E-state index in [0.29, 0.717) is 0 Å². The lowest BCUT2D eigenvalue weighted by Crippen LogP contribution is -2.27. The fraction of sp³-hybridized carbons (Fsp3) is 0.111. The Morgan fingerprint density at radius 3 is 2.38 bits per heavy atom. The minimum atomic E-state index is -3.49. The first kappa shape index (κ1) is 10.8. The Balaban J connectivity index is 2.10. The molecule has 2 aromatic rings. The van der Waals surface area contributed by atoms with E-state index in [0.717, 1.165) is 0 Å². The number of hydrogen-bond donors (Lipinski definition) is 1. The minimum absolute atomic E-state index is 0.0181. The quantitative estimate of drug-likeness (QED) is 0.826. The van der Waals surface area contributed by atoms with Crippen molar-refractivity contribution in [2.45, 2.75) is 11.6 Å². The zero-order valence-corrected chi connectivity index (χ0v) is 9.13. The van der Waals surface area contributed by atoms with Crippen LogP contribution >= 0.6 is 0 Å². The van der Waals surface area contributed by atoms with Gasteiger partial charge in [-0.25, -0.2) is 8.42 Å². The van der Waals surface area contributed by atoms with Crippen LogP contribution in [0.1, 0.15) is 0 Å². The van der Waals surface area contributed by atoms with Crippen molar-refractivity contribution < 1.29 is 8.42 Å². The summed E-state index contributed by atoms with van der Waals surface area (Å²) in [5.41, 5.74) is 0. The van der Waals surface area contributed by atoms with Crippen molar-refractivity contribution in [1.82, 2.24) is 19.7 Å². The molecule has 84 valence electrons. The Morgan fingerprint density at radius 2 is 1.75 bits per heavy atom. The molecule has 0 spiro atoms. The first-order chi connectivity index (χ1) is 7.68. The Morgan fingerprint density at radius 1 is 1.12 bits per heavy atom. The Labute approximate surface area is 93.0 Å². The van der Waals surface area contributed by atoms with Gasteiger partial charge in [0, 0.05) is 0 Å². The molecule has 6 nitrogen and oxygen atoms in total. The van der Waals surface area contributed by atoms with Crippen LogP contribution in [-0.2, 0) is 16.7 Å². The molecule has 0 bridgehead atoms. The molecule has 0 radical (unpaired) electrons. The van der Waals surface area contributed by atoms with Crippen molar-refractivity contribution in [3.8, 4) is 0 Å². The van der Waals surface area contributed by atoms with Gasteiger partial charge in [-0.3, -0.25) is 0 Å². The molecule has 0 unspecified atom stereocenters. The lowest BCUT2D eigenvalue weighted by atomic mass is 10.4. The van der Waals surface area contributed by atoms with Gasteiger partial charge in [-0.1, -0.05) is 18.2 Å². The van der Waals surface area contributed by atoms with Crippen LogP contribution in [0.3, 0.4) is 0 Å². The van der Waals surface area contributed by atoms with Crippen LogP contribution < -0.4 is 4.72 Å². The van der Waals surface area contributed by atoms with E-state index in [-0.39, 0.29) is 11.6 Å². The summed E-state index contributed by atoms with van der Waals surface area (Å²) in [6, 6.07) is 8.15. The maximum absolute atomic E-state index is 11.7. The second-order valence-electron chi connectivity index (χ2n) is 3.02. The van der Waals surface area contributed by atoms with Crippen LogP contribution in [0.4, 0.5) is 0 Å². The van der Waals surface area contributed by atoms with E-state index in [2.05, 4.69) is 14.9 Å².